The molecule has 9 heteroatoms. The van der Waals surface area contributed by atoms with Crippen molar-refractivity contribution >= 4 is 27.5 Å². The van der Waals surface area contributed by atoms with Crippen molar-refractivity contribution < 1.29 is 22.7 Å². The Morgan fingerprint density at radius 3 is 2.19 bits per heavy atom. The van der Waals surface area contributed by atoms with E-state index in [9.17, 15) is 18.0 Å². The van der Waals surface area contributed by atoms with E-state index in [4.69, 9.17) is 4.74 Å². The third-order valence-electron chi connectivity index (χ3n) is 8.89. The predicted octanol–water partition coefficient (Wildman–Crippen LogP) is 6.60. The molecule has 0 spiro atoms. The number of ether oxygens (including phenoxy) is 1. The summed E-state index contributed by atoms with van der Waals surface area (Å²) in [6.45, 7) is 3.35. The van der Waals surface area contributed by atoms with E-state index < -0.39 is 28.5 Å². The largest absolute Gasteiger partial charge is 0.497 e. The minimum absolute atomic E-state index is 0.0315. The lowest BCUT2D eigenvalue weighted by molar-refractivity contribution is -0.140. The highest BCUT2D eigenvalue weighted by molar-refractivity contribution is 7.92. The van der Waals surface area contributed by atoms with Crippen molar-refractivity contribution in [3.05, 3.63) is 125 Å². The molecule has 0 unspecified atom stereocenters. The Kier molecular flexibility index (Phi) is 11.5. The summed E-state index contributed by atoms with van der Waals surface area (Å²) in [5, 5.41) is 3.25. The summed E-state index contributed by atoms with van der Waals surface area (Å²) in [7, 11) is -2.59. The van der Waals surface area contributed by atoms with E-state index in [1.807, 2.05) is 74.5 Å². The molecule has 4 aromatic rings. The molecular formula is C39H45N3O5S. The summed E-state index contributed by atoms with van der Waals surface area (Å²) >= 11 is 0. The first-order valence-corrected chi connectivity index (χ1v) is 18.0. The molecule has 0 aromatic heterocycles. The fourth-order valence-electron chi connectivity index (χ4n) is 6.22. The van der Waals surface area contributed by atoms with Crippen LogP contribution in [0.1, 0.15) is 54.4 Å². The van der Waals surface area contributed by atoms with Crippen molar-refractivity contribution in [3.63, 3.8) is 0 Å². The van der Waals surface area contributed by atoms with Crippen LogP contribution in [0.5, 0.6) is 5.75 Å². The fraction of sp³-hybridized carbons (Fsp3) is 0.333. The smallest absolute Gasteiger partial charge is 0.264 e. The van der Waals surface area contributed by atoms with Gasteiger partial charge in [0.05, 0.1) is 17.7 Å². The molecule has 8 nitrogen and oxygen atoms in total. The van der Waals surface area contributed by atoms with Crippen LogP contribution in [-0.2, 0) is 32.6 Å². The van der Waals surface area contributed by atoms with Gasteiger partial charge in [-0.25, -0.2) is 8.42 Å². The lowest BCUT2D eigenvalue weighted by atomic mass is 9.94. The van der Waals surface area contributed by atoms with Crippen molar-refractivity contribution in [1.29, 1.82) is 0 Å². The highest BCUT2D eigenvalue weighted by Crippen LogP contribution is 2.27. The van der Waals surface area contributed by atoms with Crippen LogP contribution < -0.4 is 14.4 Å². The zero-order valence-corrected chi connectivity index (χ0v) is 28.8. The second-order valence-corrected chi connectivity index (χ2v) is 14.4. The van der Waals surface area contributed by atoms with Gasteiger partial charge < -0.3 is 15.0 Å². The van der Waals surface area contributed by atoms with Crippen LogP contribution in [0.25, 0.3) is 0 Å². The highest BCUT2D eigenvalue weighted by Gasteiger charge is 2.35. The Bertz CT molecular complexity index is 1790. The van der Waals surface area contributed by atoms with Crippen molar-refractivity contribution in [2.45, 2.75) is 75.9 Å². The van der Waals surface area contributed by atoms with Crippen molar-refractivity contribution in [2.75, 3.05) is 18.0 Å². The molecule has 1 atom stereocenters. The van der Waals surface area contributed by atoms with Crippen LogP contribution >= 0.6 is 0 Å². The topological polar surface area (TPSA) is 96.0 Å². The predicted molar refractivity (Wildman–Crippen MR) is 189 cm³/mol. The monoisotopic (exact) mass is 667 g/mol. The normalized spacial score (nSPS) is 14.1. The van der Waals surface area contributed by atoms with Gasteiger partial charge in [0.1, 0.15) is 18.3 Å². The molecule has 1 N–H and O–H groups in total. The first-order chi connectivity index (χ1) is 23.1. The van der Waals surface area contributed by atoms with Gasteiger partial charge in [0.2, 0.25) is 11.8 Å². The van der Waals surface area contributed by atoms with Gasteiger partial charge in [0, 0.05) is 19.0 Å². The summed E-state index contributed by atoms with van der Waals surface area (Å²) in [5.74, 6) is -0.116. The lowest BCUT2D eigenvalue weighted by Crippen LogP contribution is -2.55. The number of anilines is 1. The number of methoxy groups -OCH3 is 1. The van der Waals surface area contributed by atoms with Gasteiger partial charge in [0.25, 0.3) is 10.0 Å². The summed E-state index contributed by atoms with van der Waals surface area (Å²) in [5.41, 5.74) is 3.80. The van der Waals surface area contributed by atoms with Gasteiger partial charge in [-0.2, -0.15) is 0 Å². The number of hydrogen-bond acceptors (Lipinski definition) is 5. The molecule has 1 aliphatic rings. The van der Waals surface area contributed by atoms with Crippen LogP contribution in [0, 0.1) is 13.8 Å². The number of benzene rings is 4. The molecule has 252 valence electrons. The Morgan fingerprint density at radius 2 is 1.50 bits per heavy atom. The average Bonchev–Trinajstić information content (AvgIpc) is 3.09. The minimum atomic E-state index is -4.16. The SMILES string of the molecule is COc1cccc(CN(C(=O)CN(c2cccc(C)c2)S(=O)(=O)c2ccc(C)cc2)[C@H](Cc2ccccc2)C(=O)NC2CCCCC2)c1. The zero-order chi connectivity index (χ0) is 34.1. The Hall–Kier alpha value is -4.63. The molecule has 0 heterocycles. The molecule has 5 rings (SSSR count). The van der Waals surface area contributed by atoms with Crippen molar-refractivity contribution in [2.24, 2.45) is 0 Å². The molecule has 0 aliphatic heterocycles. The molecule has 0 radical (unpaired) electrons. The molecule has 4 aromatic carbocycles. The summed E-state index contributed by atoms with van der Waals surface area (Å²) in [6, 6.07) is 29.8. The third-order valence-corrected chi connectivity index (χ3v) is 10.7. The summed E-state index contributed by atoms with van der Waals surface area (Å²) < 4.78 is 35.2. The van der Waals surface area contributed by atoms with E-state index in [2.05, 4.69) is 5.32 Å². The van der Waals surface area contributed by atoms with Crippen LogP contribution in [0.4, 0.5) is 5.69 Å². The average molecular weight is 668 g/mol. The highest BCUT2D eigenvalue weighted by atomic mass is 32.2. The number of rotatable bonds is 13. The molecule has 0 saturated heterocycles. The van der Waals surface area contributed by atoms with Crippen molar-refractivity contribution in [1.82, 2.24) is 10.2 Å². The number of carbonyl (C=O) groups is 2. The maximum atomic E-state index is 14.7. The Balaban J connectivity index is 1.57. The number of sulfonamides is 1. The van der Waals surface area contributed by atoms with Gasteiger partial charge in [-0.1, -0.05) is 91.6 Å². The molecule has 48 heavy (non-hydrogen) atoms. The maximum absolute atomic E-state index is 14.7. The maximum Gasteiger partial charge on any atom is 0.264 e. The van der Waals surface area contributed by atoms with E-state index >= 15 is 0 Å². The third kappa shape index (κ3) is 8.83. The first kappa shape index (κ1) is 34.7. The van der Waals surface area contributed by atoms with Crippen LogP contribution in [0.15, 0.2) is 108 Å². The number of carbonyl (C=O) groups excluding carboxylic acids is 2. The van der Waals surface area contributed by atoms with Crippen LogP contribution in [0.3, 0.4) is 0 Å². The van der Waals surface area contributed by atoms with E-state index in [0.29, 0.717) is 11.4 Å². The fourth-order valence-corrected chi connectivity index (χ4v) is 7.62. The Labute approximate surface area is 284 Å². The second kappa shape index (κ2) is 16.0. The van der Waals surface area contributed by atoms with E-state index in [1.54, 1.807) is 49.6 Å². The molecular weight excluding hydrogens is 623 g/mol. The number of hydrogen-bond donors (Lipinski definition) is 1. The molecule has 0 bridgehead atoms. The molecule has 1 aliphatic carbocycles. The van der Waals surface area contributed by atoms with Gasteiger partial charge in [0.15, 0.2) is 0 Å². The second-order valence-electron chi connectivity index (χ2n) is 12.6. The number of amides is 2. The van der Waals surface area contributed by atoms with E-state index in [-0.39, 0.29) is 29.8 Å². The molecule has 1 saturated carbocycles. The Morgan fingerprint density at radius 1 is 0.812 bits per heavy atom. The quantitative estimate of drug-likeness (QED) is 0.174. The number of nitrogens with one attached hydrogen (secondary N) is 1. The molecule has 1 fully saturated rings. The summed E-state index contributed by atoms with van der Waals surface area (Å²) in [4.78, 5) is 30.6. The van der Waals surface area contributed by atoms with Crippen molar-refractivity contribution in [3.8, 4) is 5.75 Å². The van der Waals surface area contributed by atoms with Gasteiger partial charge in [-0.3, -0.25) is 13.9 Å². The summed E-state index contributed by atoms with van der Waals surface area (Å²) in [6.07, 6.45) is 5.29. The number of nitrogens with zero attached hydrogens (tertiary/aromatic N) is 2. The first-order valence-electron chi connectivity index (χ1n) is 16.6. The van der Waals surface area contributed by atoms with Gasteiger partial charge in [-0.05, 0) is 79.8 Å². The minimum Gasteiger partial charge on any atom is -0.497 e. The van der Waals surface area contributed by atoms with Crippen LogP contribution in [-0.4, -0.2) is 50.9 Å². The lowest BCUT2D eigenvalue weighted by Gasteiger charge is -2.35. The van der Waals surface area contributed by atoms with E-state index in [0.717, 1.165) is 58.7 Å². The zero-order valence-electron chi connectivity index (χ0n) is 28.0. The van der Waals surface area contributed by atoms with Gasteiger partial charge >= 0.3 is 0 Å². The van der Waals surface area contributed by atoms with Gasteiger partial charge in [-0.15, -0.1) is 0 Å². The molecule has 2 amide bonds. The van der Waals surface area contributed by atoms with E-state index in [1.165, 1.54) is 4.90 Å². The standard InChI is InChI=1S/C39H45N3O5S/c1-29-20-22-36(23-21-29)48(45,46)42(34-18-10-12-30(2)24-34)28-38(43)41(27-32-15-11-19-35(25-32)47-3)37(26-31-13-6-4-7-14-31)39(44)40-33-16-8-5-9-17-33/h4,6-7,10-15,18-25,33,37H,5,8-9,16-17,26-28H2,1-3H3,(H,40,44)/t37-/m1/s1. The number of aryl methyl sites for hydroxylation is 2. The van der Waals surface area contributed by atoms with Crippen LogP contribution in [0.2, 0.25) is 0 Å².